The van der Waals surface area contributed by atoms with E-state index in [9.17, 15) is 20.1 Å². The molecule has 0 spiro atoms. The number of rotatable bonds is 7. The highest BCUT2D eigenvalue weighted by Gasteiger charge is 2.67. The summed E-state index contributed by atoms with van der Waals surface area (Å²) in [5.41, 5.74) is 0.467. The minimum atomic E-state index is -0.931. The molecule has 4 aliphatic carbocycles. The molecule has 0 amide bonds. The number of carbonyl (C=O) groups excluding carboxylic acids is 1. The van der Waals surface area contributed by atoms with Crippen LogP contribution in [0.1, 0.15) is 106 Å². The highest BCUT2D eigenvalue weighted by molar-refractivity contribution is 5.66. The number of allylic oxidation sites excluding steroid dienone is 1. The summed E-state index contributed by atoms with van der Waals surface area (Å²) in [6.45, 7) is 11.8. The summed E-state index contributed by atoms with van der Waals surface area (Å²) in [7, 11) is 1.67. The Labute approximate surface area is 274 Å². The van der Waals surface area contributed by atoms with Crippen LogP contribution in [0.3, 0.4) is 0 Å². The quantitative estimate of drug-likeness (QED) is 0.269. The van der Waals surface area contributed by atoms with Gasteiger partial charge in [0.2, 0.25) is 0 Å². The van der Waals surface area contributed by atoms with Crippen molar-refractivity contribution in [2.24, 2.45) is 28.6 Å². The Morgan fingerprint density at radius 3 is 2.39 bits per heavy atom. The Hall–Kier alpha value is -1.11. The maximum atomic E-state index is 12.5. The smallest absolute Gasteiger partial charge is 0.302 e. The van der Waals surface area contributed by atoms with Gasteiger partial charge < -0.3 is 43.7 Å². The molecule has 2 saturated heterocycles. The number of ether oxygens (including phenoxy) is 6. The van der Waals surface area contributed by atoms with Gasteiger partial charge in [-0.05, 0) is 89.4 Å². The average molecular weight is 651 g/mol. The fourth-order valence-corrected chi connectivity index (χ4v) is 10.9. The lowest BCUT2D eigenvalue weighted by Gasteiger charge is -2.61. The highest BCUT2D eigenvalue weighted by atomic mass is 16.7. The number of hydrogen-bond acceptors (Lipinski definition) is 10. The van der Waals surface area contributed by atoms with E-state index in [2.05, 4.69) is 19.9 Å². The Kier molecular flexibility index (Phi) is 9.80. The van der Waals surface area contributed by atoms with Crippen molar-refractivity contribution in [3.05, 3.63) is 11.6 Å². The first-order chi connectivity index (χ1) is 21.7. The largest absolute Gasteiger partial charge is 0.463 e. The van der Waals surface area contributed by atoms with E-state index in [4.69, 9.17) is 28.4 Å². The molecule has 6 rings (SSSR count). The molecule has 3 N–H and O–H groups in total. The van der Waals surface area contributed by atoms with Crippen molar-refractivity contribution in [3.63, 3.8) is 0 Å². The number of aliphatic hydroxyl groups is 3. The monoisotopic (exact) mass is 650 g/mol. The van der Waals surface area contributed by atoms with Crippen molar-refractivity contribution >= 4 is 5.97 Å². The molecule has 0 aromatic carbocycles. The van der Waals surface area contributed by atoms with E-state index in [-0.39, 0.29) is 59.5 Å². The fourth-order valence-electron chi connectivity index (χ4n) is 10.9. The second-order valence-corrected chi connectivity index (χ2v) is 15.9. The van der Waals surface area contributed by atoms with Gasteiger partial charge >= 0.3 is 5.97 Å². The molecule has 0 bridgehead atoms. The molecule has 0 aromatic heterocycles. The molecule has 0 unspecified atom stereocenters. The molecule has 46 heavy (non-hydrogen) atoms. The normalized spacial score (nSPS) is 51.3. The summed E-state index contributed by atoms with van der Waals surface area (Å²) in [6, 6.07) is 0. The lowest BCUT2D eigenvalue weighted by atomic mass is 9.45. The molecule has 16 atom stereocenters. The number of fused-ring (bicyclic) bond motifs is 5. The molecule has 10 heteroatoms. The van der Waals surface area contributed by atoms with E-state index in [1.807, 2.05) is 13.8 Å². The van der Waals surface area contributed by atoms with Crippen LogP contribution in [0.5, 0.6) is 0 Å². The first kappa shape index (κ1) is 34.7. The van der Waals surface area contributed by atoms with Crippen molar-refractivity contribution in [1.82, 2.24) is 0 Å². The second-order valence-electron chi connectivity index (χ2n) is 15.9. The topological polar surface area (TPSA) is 133 Å². The average Bonchev–Trinajstić information content (AvgIpc) is 3.28. The molecule has 6 aliphatic rings. The van der Waals surface area contributed by atoms with Crippen LogP contribution in [0.2, 0.25) is 0 Å². The molecule has 2 heterocycles. The van der Waals surface area contributed by atoms with Crippen LogP contribution in [0.4, 0.5) is 0 Å². The number of hydrogen-bond donors (Lipinski definition) is 3. The number of aliphatic hydroxyl groups excluding tert-OH is 2. The van der Waals surface area contributed by atoms with E-state index >= 15 is 0 Å². The van der Waals surface area contributed by atoms with E-state index in [0.29, 0.717) is 12.3 Å². The molecule has 0 radical (unpaired) electrons. The fraction of sp³-hybridized carbons (Fsp3) is 0.917. The van der Waals surface area contributed by atoms with E-state index in [1.165, 1.54) is 12.5 Å². The summed E-state index contributed by atoms with van der Waals surface area (Å²) in [5, 5.41) is 32.7. The van der Waals surface area contributed by atoms with Gasteiger partial charge in [0, 0.05) is 38.2 Å². The minimum absolute atomic E-state index is 0.0312. The zero-order valence-electron chi connectivity index (χ0n) is 28.9. The van der Waals surface area contributed by atoms with Crippen LogP contribution in [-0.4, -0.2) is 95.4 Å². The lowest BCUT2D eigenvalue weighted by Crippen LogP contribution is -2.61. The summed E-state index contributed by atoms with van der Waals surface area (Å²) in [4.78, 5) is 11.8. The van der Waals surface area contributed by atoms with Crippen LogP contribution in [0.25, 0.3) is 0 Å². The third-order valence-electron chi connectivity index (χ3n) is 13.5. The van der Waals surface area contributed by atoms with Crippen molar-refractivity contribution in [3.8, 4) is 0 Å². The standard InChI is InChI=1S/C36H58O10/c1-19(42-22(4)37)25-12-15-36(40)27-9-8-23-16-24(10-13-34(23,5)26(27)11-14-35(25,36)6)45-31-18-29(41-7)33(21(3)44-31)46-30-17-28(38)32(39)20(2)43-30/h8,19-21,24-33,38-40H,9-18H2,1-7H3/t19-,20+,21+,24-,25+,26-,27+,28-,29+,30-,31-,32+,33+,34-,35+,36-/m0/s1. The van der Waals surface area contributed by atoms with E-state index < -0.39 is 42.6 Å². The molecule has 5 fully saturated rings. The summed E-state index contributed by atoms with van der Waals surface area (Å²) < 4.78 is 36.5. The molecule has 2 aliphatic heterocycles. The van der Waals surface area contributed by atoms with Gasteiger partial charge in [0.05, 0.1) is 36.1 Å². The first-order valence-corrected chi connectivity index (χ1v) is 17.8. The van der Waals surface area contributed by atoms with Gasteiger partial charge in [0.25, 0.3) is 0 Å². The SMILES string of the molecule is CO[C@@H]1C[C@H](O[C@H]2CC[C@@]3(C)C(=CC[C@@H]4[C@@H]3CC[C@]3(C)[C@@H]([C@H](C)OC(C)=O)CC[C@]43O)C2)O[C@H](C)[C@H]1O[C@H]1C[C@H](O)[C@H](O)[C@@H](C)O1. The third-order valence-corrected chi connectivity index (χ3v) is 13.5. The minimum Gasteiger partial charge on any atom is -0.463 e. The zero-order chi connectivity index (χ0) is 33.2. The summed E-state index contributed by atoms with van der Waals surface area (Å²) in [5.74, 6) is 0.540. The number of methoxy groups -OCH3 is 1. The number of esters is 1. The van der Waals surface area contributed by atoms with E-state index in [1.54, 1.807) is 14.0 Å². The maximum Gasteiger partial charge on any atom is 0.302 e. The van der Waals surface area contributed by atoms with Crippen molar-refractivity contribution in [2.75, 3.05) is 7.11 Å². The van der Waals surface area contributed by atoms with Crippen LogP contribution in [0.15, 0.2) is 11.6 Å². The molecule has 262 valence electrons. The van der Waals surface area contributed by atoms with Crippen LogP contribution in [0, 0.1) is 28.6 Å². The Morgan fingerprint density at radius 2 is 1.70 bits per heavy atom. The van der Waals surface area contributed by atoms with Gasteiger partial charge in [-0.25, -0.2) is 0 Å². The van der Waals surface area contributed by atoms with Crippen LogP contribution in [-0.2, 0) is 33.2 Å². The van der Waals surface area contributed by atoms with Gasteiger partial charge in [0.15, 0.2) is 12.6 Å². The Balaban J connectivity index is 1.09. The summed E-state index contributed by atoms with van der Waals surface area (Å²) >= 11 is 0. The van der Waals surface area contributed by atoms with Gasteiger partial charge in [-0.1, -0.05) is 25.5 Å². The third kappa shape index (κ3) is 5.91. The van der Waals surface area contributed by atoms with Gasteiger partial charge in [-0.15, -0.1) is 0 Å². The molecule has 10 nitrogen and oxygen atoms in total. The van der Waals surface area contributed by atoms with Gasteiger partial charge in [-0.3, -0.25) is 4.79 Å². The van der Waals surface area contributed by atoms with Crippen LogP contribution >= 0.6 is 0 Å². The molecule has 3 saturated carbocycles. The van der Waals surface area contributed by atoms with Crippen molar-refractivity contribution in [1.29, 1.82) is 0 Å². The lowest BCUT2D eigenvalue weighted by molar-refractivity contribution is -0.318. The zero-order valence-corrected chi connectivity index (χ0v) is 28.9. The summed E-state index contributed by atoms with van der Waals surface area (Å²) in [6.07, 6.45) is 5.91. The van der Waals surface area contributed by atoms with Crippen molar-refractivity contribution in [2.45, 2.75) is 173 Å². The van der Waals surface area contributed by atoms with Gasteiger partial charge in [-0.2, -0.15) is 0 Å². The predicted molar refractivity (Wildman–Crippen MR) is 168 cm³/mol. The molecular weight excluding hydrogens is 592 g/mol. The maximum absolute atomic E-state index is 12.5. The first-order valence-electron chi connectivity index (χ1n) is 17.8. The highest BCUT2D eigenvalue weighted by Crippen LogP contribution is 2.68. The van der Waals surface area contributed by atoms with Crippen LogP contribution < -0.4 is 0 Å². The Morgan fingerprint density at radius 1 is 0.978 bits per heavy atom. The number of carbonyl (C=O) groups is 1. The molecular formula is C36H58O10. The Bertz CT molecular complexity index is 1130. The van der Waals surface area contributed by atoms with Gasteiger partial charge in [0.1, 0.15) is 18.3 Å². The van der Waals surface area contributed by atoms with Crippen molar-refractivity contribution < 1.29 is 48.5 Å². The predicted octanol–water partition coefficient (Wildman–Crippen LogP) is 4.41. The second kappa shape index (κ2) is 13.0. The molecule has 0 aromatic rings. The van der Waals surface area contributed by atoms with E-state index in [0.717, 1.165) is 51.4 Å².